The van der Waals surface area contributed by atoms with E-state index in [0.29, 0.717) is 4.57 Å². The Kier molecular flexibility index (Phi) is 6.52. The summed E-state index contributed by atoms with van der Waals surface area (Å²) in [6.45, 7) is 0.992. The molecule has 0 bridgehead atoms. The highest BCUT2D eigenvalue weighted by Crippen LogP contribution is 2.23. The van der Waals surface area contributed by atoms with Gasteiger partial charge >= 0.3 is 23.3 Å². The average Bonchev–Trinajstić information content (AvgIpc) is 2.64. The second kappa shape index (κ2) is 8.48. The van der Waals surface area contributed by atoms with Crippen molar-refractivity contribution in [3.8, 4) is 5.69 Å². The van der Waals surface area contributed by atoms with Crippen LogP contribution in [0.1, 0.15) is 17.3 Å². The van der Waals surface area contributed by atoms with Crippen LogP contribution >= 0.6 is 23.8 Å². The molecule has 0 aliphatic carbocycles. The van der Waals surface area contributed by atoms with Gasteiger partial charge in [0.2, 0.25) is 0 Å². The molecule has 0 aliphatic rings. The number of ether oxygens (including phenoxy) is 2. The van der Waals surface area contributed by atoms with Gasteiger partial charge in [0.25, 0.3) is 0 Å². The normalized spacial score (nSPS) is 10.6. The molecule has 0 saturated heterocycles. The first kappa shape index (κ1) is 21.5. The lowest BCUT2D eigenvalue weighted by atomic mass is 10.2. The van der Waals surface area contributed by atoms with Gasteiger partial charge in [0.15, 0.2) is 11.4 Å². The number of hydrogen-bond donors (Lipinski definition) is 0. The molecule has 0 spiro atoms. The van der Waals surface area contributed by atoms with Crippen LogP contribution in [-0.2, 0) is 28.4 Å². The van der Waals surface area contributed by atoms with E-state index in [-0.39, 0.29) is 22.0 Å². The van der Waals surface area contributed by atoms with E-state index in [9.17, 15) is 23.6 Å². The number of nitrogens with zero attached hydrogens (tertiary/aromatic N) is 3. The zero-order valence-corrected chi connectivity index (χ0v) is 16.6. The molecule has 1 aromatic carbocycles. The minimum Gasteiger partial charge on any atom is -0.463 e. The maximum absolute atomic E-state index is 14.5. The van der Waals surface area contributed by atoms with Crippen molar-refractivity contribution < 1.29 is 23.5 Å². The molecule has 1 heterocycles. The molecule has 12 heteroatoms. The first-order valence-electron chi connectivity index (χ1n) is 7.81. The Morgan fingerprint density at radius 1 is 1.14 bits per heavy atom. The average molecular weight is 432 g/mol. The minimum absolute atomic E-state index is 0.0744. The quantitative estimate of drug-likeness (QED) is 0.516. The number of halogens is 2. The Labute approximate surface area is 167 Å². The maximum Gasteiger partial charge on any atom is 0.344 e. The molecule has 0 saturated carbocycles. The van der Waals surface area contributed by atoms with Gasteiger partial charge in [0.1, 0.15) is 5.82 Å². The van der Waals surface area contributed by atoms with Crippen molar-refractivity contribution in [2.45, 2.75) is 6.92 Å². The van der Waals surface area contributed by atoms with Crippen LogP contribution in [0.2, 0.25) is 5.02 Å². The number of rotatable bonds is 5. The lowest BCUT2D eigenvalue weighted by Gasteiger charge is -2.13. The second-order valence-electron chi connectivity index (χ2n) is 5.47. The van der Waals surface area contributed by atoms with Crippen molar-refractivity contribution in [2.75, 3.05) is 13.2 Å². The van der Waals surface area contributed by atoms with Crippen molar-refractivity contribution in [1.29, 1.82) is 0 Å². The molecule has 0 amide bonds. The molecule has 0 radical (unpaired) electrons. The van der Waals surface area contributed by atoms with Gasteiger partial charge in [-0.15, -0.1) is 0 Å². The van der Waals surface area contributed by atoms with Crippen molar-refractivity contribution in [3.05, 3.63) is 54.3 Å². The molecular formula is C16H15ClFN3O6S. The van der Waals surface area contributed by atoms with Crippen LogP contribution in [0.4, 0.5) is 4.39 Å². The number of benzene rings is 1. The van der Waals surface area contributed by atoms with E-state index in [2.05, 4.69) is 4.74 Å². The summed E-state index contributed by atoms with van der Waals surface area (Å²) in [4.78, 5) is 48.4. The van der Waals surface area contributed by atoms with E-state index < -0.39 is 41.4 Å². The van der Waals surface area contributed by atoms with Gasteiger partial charge in [-0.3, -0.25) is 9.13 Å². The number of aromatic nitrogens is 3. The predicted octanol–water partition coefficient (Wildman–Crippen LogP) is 1.12. The molecule has 150 valence electrons. The molecule has 2 aromatic rings. The van der Waals surface area contributed by atoms with Crippen LogP contribution < -0.4 is 11.4 Å². The molecule has 1 aromatic heterocycles. The standard InChI is InChI=1S/C16H15ClFN3O6S/c1-4-26-12(22)7-27-13(23)8-5-11(10(18)6-9(8)17)21-14(24)19(2)16(28)20(3)15(21)25/h5-6H,4,7H2,1-3H3. The first-order chi connectivity index (χ1) is 13.1. The SMILES string of the molecule is CCOC(=O)COC(=O)c1cc(-n2c(=O)n(C)c(=S)n(C)c2=O)c(F)cc1Cl. The fraction of sp³-hybridized carbons (Fsp3) is 0.312. The monoisotopic (exact) mass is 431 g/mol. The van der Waals surface area contributed by atoms with Crippen LogP contribution in [-0.4, -0.2) is 38.9 Å². The summed E-state index contributed by atoms with van der Waals surface area (Å²) in [7, 11) is 2.62. The van der Waals surface area contributed by atoms with Gasteiger partial charge in [0, 0.05) is 14.1 Å². The topological polar surface area (TPSA) is 102 Å². The summed E-state index contributed by atoms with van der Waals surface area (Å²) in [6, 6.07) is 1.64. The van der Waals surface area contributed by atoms with Crippen molar-refractivity contribution in [2.24, 2.45) is 14.1 Å². The third-order valence-electron chi connectivity index (χ3n) is 3.65. The molecule has 0 unspecified atom stereocenters. The number of carbonyl (C=O) groups excluding carboxylic acids is 2. The molecule has 0 atom stereocenters. The predicted molar refractivity (Wildman–Crippen MR) is 99.0 cm³/mol. The molecule has 0 N–H and O–H groups in total. The summed E-state index contributed by atoms with van der Waals surface area (Å²) < 4.78 is 26.2. The highest BCUT2D eigenvalue weighted by molar-refractivity contribution is 7.71. The van der Waals surface area contributed by atoms with Gasteiger partial charge in [-0.2, -0.15) is 0 Å². The summed E-state index contributed by atoms with van der Waals surface area (Å²) in [6.07, 6.45) is 0. The van der Waals surface area contributed by atoms with Gasteiger partial charge in [-0.05, 0) is 31.3 Å². The summed E-state index contributed by atoms with van der Waals surface area (Å²) in [5, 5.41) is -0.329. The zero-order valence-electron chi connectivity index (χ0n) is 15.0. The first-order valence-corrected chi connectivity index (χ1v) is 8.60. The maximum atomic E-state index is 14.5. The van der Waals surface area contributed by atoms with Crippen LogP contribution in [0.3, 0.4) is 0 Å². The molecule has 2 rings (SSSR count). The second-order valence-corrected chi connectivity index (χ2v) is 6.24. The fourth-order valence-electron chi connectivity index (χ4n) is 2.25. The number of carbonyl (C=O) groups is 2. The Hall–Kier alpha value is -2.79. The minimum atomic E-state index is -1.06. The van der Waals surface area contributed by atoms with E-state index in [1.807, 2.05) is 0 Å². The number of esters is 2. The summed E-state index contributed by atoms with van der Waals surface area (Å²) in [5.41, 5.74) is -2.70. The molecular weight excluding hydrogens is 417 g/mol. The van der Waals surface area contributed by atoms with E-state index in [4.69, 9.17) is 28.6 Å². The van der Waals surface area contributed by atoms with Crippen molar-refractivity contribution >= 4 is 35.8 Å². The third-order valence-corrected chi connectivity index (χ3v) is 4.51. The lowest BCUT2D eigenvalue weighted by molar-refractivity contribution is -0.146. The van der Waals surface area contributed by atoms with E-state index in [0.717, 1.165) is 21.3 Å². The van der Waals surface area contributed by atoms with Gasteiger partial charge in [0.05, 0.1) is 22.9 Å². The summed E-state index contributed by atoms with van der Waals surface area (Å²) in [5.74, 6) is -2.87. The van der Waals surface area contributed by atoms with E-state index >= 15 is 0 Å². The Bertz CT molecular complexity index is 1100. The third kappa shape index (κ3) is 4.04. The highest BCUT2D eigenvalue weighted by Gasteiger charge is 2.21. The molecule has 0 aliphatic heterocycles. The smallest absolute Gasteiger partial charge is 0.344 e. The zero-order chi connectivity index (χ0) is 21.2. The summed E-state index contributed by atoms with van der Waals surface area (Å²) >= 11 is 10.8. The number of hydrogen-bond acceptors (Lipinski definition) is 7. The van der Waals surface area contributed by atoms with Crippen molar-refractivity contribution in [1.82, 2.24) is 13.7 Å². The van der Waals surface area contributed by atoms with Crippen LogP contribution in [0, 0.1) is 10.6 Å². The van der Waals surface area contributed by atoms with E-state index in [1.54, 1.807) is 6.92 Å². The molecule has 28 heavy (non-hydrogen) atoms. The van der Waals surface area contributed by atoms with Gasteiger partial charge in [-0.1, -0.05) is 11.6 Å². The Morgan fingerprint density at radius 3 is 2.25 bits per heavy atom. The molecule has 0 fully saturated rings. The fourth-order valence-corrected chi connectivity index (χ4v) is 2.63. The van der Waals surface area contributed by atoms with Gasteiger partial charge < -0.3 is 9.47 Å². The van der Waals surface area contributed by atoms with Crippen LogP contribution in [0.25, 0.3) is 5.69 Å². The van der Waals surface area contributed by atoms with E-state index in [1.165, 1.54) is 14.1 Å². The van der Waals surface area contributed by atoms with Crippen LogP contribution in [0.15, 0.2) is 21.7 Å². The Balaban J connectivity index is 2.58. The van der Waals surface area contributed by atoms with Crippen LogP contribution in [0.5, 0.6) is 0 Å². The van der Waals surface area contributed by atoms with Crippen molar-refractivity contribution in [3.63, 3.8) is 0 Å². The lowest BCUT2D eigenvalue weighted by Crippen LogP contribution is -2.43. The molecule has 9 nitrogen and oxygen atoms in total. The highest BCUT2D eigenvalue weighted by atomic mass is 35.5. The Morgan fingerprint density at radius 2 is 1.71 bits per heavy atom. The van der Waals surface area contributed by atoms with Gasteiger partial charge in [-0.25, -0.2) is 28.1 Å². The largest absolute Gasteiger partial charge is 0.463 e.